The van der Waals surface area contributed by atoms with Crippen molar-refractivity contribution in [2.75, 3.05) is 13.1 Å². The van der Waals surface area contributed by atoms with Crippen molar-refractivity contribution in [3.05, 3.63) is 34.7 Å². The molecule has 0 saturated carbocycles. The van der Waals surface area contributed by atoms with Gasteiger partial charge in [-0.25, -0.2) is 4.79 Å². The molecule has 0 spiro atoms. The molecule has 3 rings (SSSR count). The Morgan fingerprint density at radius 1 is 1.33 bits per heavy atom. The number of aromatic carboxylic acids is 1. The second kappa shape index (κ2) is 4.71. The van der Waals surface area contributed by atoms with Crippen LogP contribution >= 0.6 is 11.3 Å². The third-order valence-corrected chi connectivity index (χ3v) is 4.51. The Labute approximate surface area is 110 Å². The second-order valence-electron chi connectivity index (χ2n) is 4.72. The number of carboxylic acid groups (broad SMARTS) is 1. The van der Waals surface area contributed by atoms with Crippen LogP contribution in [0.3, 0.4) is 0 Å². The average molecular weight is 261 g/mol. The highest BCUT2D eigenvalue weighted by Gasteiger charge is 2.15. The third kappa shape index (κ3) is 2.13. The van der Waals surface area contributed by atoms with Gasteiger partial charge < -0.3 is 5.11 Å². The fourth-order valence-corrected chi connectivity index (χ4v) is 3.67. The minimum absolute atomic E-state index is 0.413. The number of thiophene rings is 1. The quantitative estimate of drug-likeness (QED) is 0.922. The van der Waals surface area contributed by atoms with Gasteiger partial charge >= 0.3 is 5.97 Å². The molecule has 0 bridgehead atoms. The molecule has 0 unspecified atom stereocenters. The monoisotopic (exact) mass is 261 g/mol. The summed E-state index contributed by atoms with van der Waals surface area (Å²) in [5.74, 6) is -0.842. The maximum atomic E-state index is 11.2. The molecule has 0 amide bonds. The van der Waals surface area contributed by atoms with Crippen molar-refractivity contribution in [3.63, 3.8) is 0 Å². The first-order valence-corrected chi connectivity index (χ1v) is 7.03. The van der Waals surface area contributed by atoms with Crippen molar-refractivity contribution in [2.45, 2.75) is 19.4 Å². The first-order valence-electron chi connectivity index (χ1n) is 6.21. The lowest BCUT2D eigenvalue weighted by atomic mass is 10.1. The molecule has 3 nitrogen and oxygen atoms in total. The fourth-order valence-electron chi connectivity index (χ4n) is 2.54. The second-order valence-corrected chi connectivity index (χ2v) is 5.89. The van der Waals surface area contributed by atoms with Gasteiger partial charge in [-0.3, -0.25) is 4.90 Å². The summed E-state index contributed by atoms with van der Waals surface area (Å²) in [6.45, 7) is 3.29. The van der Waals surface area contributed by atoms with Crippen LogP contribution in [0.15, 0.2) is 24.3 Å². The molecule has 4 heteroatoms. The third-order valence-electron chi connectivity index (χ3n) is 3.42. The number of likely N-dealkylation sites (tertiary alicyclic amines) is 1. The molecule has 18 heavy (non-hydrogen) atoms. The van der Waals surface area contributed by atoms with E-state index in [0.29, 0.717) is 5.56 Å². The van der Waals surface area contributed by atoms with Crippen molar-refractivity contribution in [3.8, 4) is 0 Å². The van der Waals surface area contributed by atoms with E-state index in [1.807, 2.05) is 18.2 Å². The lowest BCUT2D eigenvalue weighted by Gasteiger charge is -2.12. The van der Waals surface area contributed by atoms with Crippen LogP contribution in [0.4, 0.5) is 0 Å². The molecular formula is C14H15NO2S. The van der Waals surface area contributed by atoms with Crippen molar-refractivity contribution in [1.29, 1.82) is 0 Å². The Kier molecular flexibility index (Phi) is 3.06. The van der Waals surface area contributed by atoms with Gasteiger partial charge in [-0.05, 0) is 44.1 Å². The molecule has 0 aliphatic carbocycles. The van der Waals surface area contributed by atoms with Gasteiger partial charge in [0.15, 0.2) is 0 Å². The molecule has 2 aromatic rings. The summed E-state index contributed by atoms with van der Waals surface area (Å²) in [6.07, 6.45) is 2.57. The van der Waals surface area contributed by atoms with Gasteiger partial charge in [0, 0.05) is 21.5 Å². The number of benzene rings is 1. The van der Waals surface area contributed by atoms with Crippen molar-refractivity contribution < 1.29 is 9.90 Å². The molecule has 1 N–H and O–H groups in total. The van der Waals surface area contributed by atoms with E-state index in [0.717, 1.165) is 16.6 Å². The highest BCUT2D eigenvalue weighted by atomic mass is 32.1. The minimum Gasteiger partial charge on any atom is -0.478 e. The highest BCUT2D eigenvalue weighted by molar-refractivity contribution is 7.19. The van der Waals surface area contributed by atoms with E-state index in [9.17, 15) is 9.90 Å². The average Bonchev–Trinajstić information content (AvgIpc) is 2.96. The topological polar surface area (TPSA) is 40.5 Å². The van der Waals surface area contributed by atoms with Gasteiger partial charge in [0.05, 0.1) is 5.56 Å². The van der Waals surface area contributed by atoms with Gasteiger partial charge in [0.1, 0.15) is 0 Å². The Morgan fingerprint density at radius 2 is 2.11 bits per heavy atom. The van der Waals surface area contributed by atoms with Crippen LogP contribution in [-0.2, 0) is 6.54 Å². The summed E-state index contributed by atoms with van der Waals surface area (Å²) in [4.78, 5) is 14.9. The number of hydrogen-bond acceptors (Lipinski definition) is 3. The molecular weight excluding hydrogens is 246 g/mol. The maximum Gasteiger partial charge on any atom is 0.336 e. The first-order chi connectivity index (χ1) is 8.74. The summed E-state index contributed by atoms with van der Waals surface area (Å²) < 4.78 is 1.07. The fraction of sp³-hybridized carbons (Fsp3) is 0.357. The van der Waals surface area contributed by atoms with E-state index in [-0.39, 0.29) is 0 Å². The number of carbonyl (C=O) groups is 1. The largest absolute Gasteiger partial charge is 0.478 e. The molecule has 1 aromatic carbocycles. The molecule has 1 fully saturated rings. The number of carboxylic acids is 1. The van der Waals surface area contributed by atoms with Crippen LogP contribution in [0.25, 0.3) is 10.1 Å². The van der Waals surface area contributed by atoms with Gasteiger partial charge in [0.2, 0.25) is 0 Å². The molecule has 2 heterocycles. The number of rotatable bonds is 3. The summed E-state index contributed by atoms with van der Waals surface area (Å²) in [5.41, 5.74) is 0.413. The Hall–Kier alpha value is -1.39. The van der Waals surface area contributed by atoms with Gasteiger partial charge in [-0.2, -0.15) is 0 Å². The predicted molar refractivity (Wildman–Crippen MR) is 73.3 cm³/mol. The van der Waals surface area contributed by atoms with E-state index >= 15 is 0 Å². The Bertz CT molecular complexity index is 584. The zero-order chi connectivity index (χ0) is 12.5. The van der Waals surface area contributed by atoms with Crippen molar-refractivity contribution >= 4 is 27.4 Å². The predicted octanol–water partition coefficient (Wildman–Crippen LogP) is 3.20. The molecule has 94 valence electrons. The molecule has 0 radical (unpaired) electrons. The van der Waals surface area contributed by atoms with Gasteiger partial charge in [0.25, 0.3) is 0 Å². The zero-order valence-corrected chi connectivity index (χ0v) is 10.9. The molecule has 0 atom stereocenters. The Morgan fingerprint density at radius 3 is 2.83 bits per heavy atom. The van der Waals surface area contributed by atoms with Crippen LogP contribution < -0.4 is 0 Å². The summed E-state index contributed by atoms with van der Waals surface area (Å²) >= 11 is 1.71. The van der Waals surface area contributed by atoms with Crippen molar-refractivity contribution in [2.24, 2.45) is 0 Å². The molecule has 1 saturated heterocycles. The number of nitrogens with zero attached hydrogens (tertiary/aromatic N) is 1. The Balaban J connectivity index is 1.94. The van der Waals surface area contributed by atoms with Crippen LogP contribution in [0.5, 0.6) is 0 Å². The van der Waals surface area contributed by atoms with E-state index in [1.165, 1.54) is 30.8 Å². The lowest BCUT2D eigenvalue weighted by molar-refractivity contribution is 0.0699. The van der Waals surface area contributed by atoms with Crippen LogP contribution in [0.1, 0.15) is 28.1 Å². The maximum absolute atomic E-state index is 11.2. The summed E-state index contributed by atoms with van der Waals surface area (Å²) in [7, 11) is 0. The summed E-state index contributed by atoms with van der Waals surface area (Å²) in [5, 5.41) is 10.0. The SMILES string of the molecule is O=C(O)c1cccc2sc(CN3CCCC3)cc12. The lowest BCUT2D eigenvalue weighted by Crippen LogP contribution is -2.17. The first kappa shape index (κ1) is 11.7. The standard InChI is InChI=1S/C14H15NO2S/c16-14(17)11-4-3-5-13-12(11)8-10(18-13)9-15-6-1-2-7-15/h3-5,8H,1-2,6-7,9H2,(H,16,17). The van der Waals surface area contributed by atoms with Crippen LogP contribution in [0.2, 0.25) is 0 Å². The summed E-state index contributed by atoms with van der Waals surface area (Å²) in [6, 6.07) is 7.54. The molecule has 1 aliphatic heterocycles. The molecule has 1 aliphatic rings. The molecule has 1 aromatic heterocycles. The van der Waals surface area contributed by atoms with E-state index < -0.39 is 5.97 Å². The van der Waals surface area contributed by atoms with Crippen molar-refractivity contribution in [1.82, 2.24) is 4.90 Å². The minimum atomic E-state index is -0.842. The van der Waals surface area contributed by atoms with Gasteiger partial charge in [-0.15, -0.1) is 11.3 Å². The smallest absolute Gasteiger partial charge is 0.336 e. The van der Waals surface area contributed by atoms with Crippen LogP contribution in [-0.4, -0.2) is 29.1 Å². The highest BCUT2D eigenvalue weighted by Crippen LogP contribution is 2.29. The number of hydrogen-bond donors (Lipinski definition) is 1. The van der Waals surface area contributed by atoms with E-state index in [1.54, 1.807) is 17.4 Å². The zero-order valence-electron chi connectivity index (χ0n) is 10.1. The van der Waals surface area contributed by atoms with E-state index in [2.05, 4.69) is 4.90 Å². The normalized spacial score (nSPS) is 16.4. The van der Waals surface area contributed by atoms with Crippen LogP contribution in [0, 0.1) is 0 Å². The van der Waals surface area contributed by atoms with E-state index in [4.69, 9.17) is 0 Å². The van der Waals surface area contributed by atoms with Gasteiger partial charge in [-0.1, -0.05) is 6.07 Å². The number of fused-ring (bicyclic) bond motifs is 1.